The van der Waals surface area contributed by atoms with Gasteiger partial charge in [-0.3, -0.25) is 4.79 Å². The van der Waals surface area contributed by atoms with Gasteiger partial charge in [-0.15, -0.1) is 0 Å². The van der Waals surface area contributed by atoms with Crippen molar-refractivity contribution in [2.24, 2.45) is 11.8 Å². The smallest absolute Gasteiger partial charge is 0.224 e. The van der Waals surface area contributed by atoms with Crippen molar-refractivity contribution in [3.05, 3.63) is 29.8 Å². The van der Waals surface area contributed by atoms with Gasteiger partial charge in [0.25, 0.3) is 0 Å². The first-order valence-corrected chi connectivity index (χ1v) is 7.66. The lowest BCUT2D eigenvalue weighted by Crippen LogP contribution is -2.21. The van der Waals surface area contributed by atoms with E-state index in [1.807, 2.05) is 18.2 Å². The summed E-state index contributed by atoms with van der Waals surface area (Å²) in [7, 11) is 0. The van der Waals surface area contributed by atoms with Crippen LogP contribution in [-0.4, -0.2) is 12.5 Å². The quantitative estimate of drug-likeness (QED) is 0.758. The van der Waals surface area contributed by atoms with Gasteiger partial charge in [0.05, 0.1) is 0 Å². The predicted molar refractivity (Wildman–Crippen MR) is 85.7 cm³/mol. The standard InChI is InChI=1S/C17H28N2O/c1-5-14(13(3)4)11-17(20)19-16-10-8-7-9-15(16)12-18-6-2/h7-10,13-14,18H,5-6,11-12H2,1-4H3,(H,19,20). The number of anilines is 1. The molecule has 0 saturated carbocycles. The van der Waals surface area contributed by atoms with E-state index in [0.717, 1.165) is 30.8 Å². The van der Waals surface area contributed by atoms with Crippen LogP contribution in [0.2, 0.25) is 0 Å². The number of nitrogens with one attached hydrogen (secondary N) is 2. The zero-order valence-corrected chi connectivity index (χ0v) is 13.2. The molecule has 0 aliphatic rings. The van der Waals surface area contributed by atoms with Gasteiger partial charge in [-0.2, -0.15) is 0 Å². The average molecular weight is 276 g/mol. The largest absolute Gasteiger partial charge is 0.326 e. The molecule has 1 rings (SSSR count). The maximum Gasteiger partial charge on any atom is 0.224 e. The zero-order chi connectivity index (χ0) is 15.0. The molecule has 1 aromatic carbocycles. The molecule has 1 atom stereocenters. The van der Waals surface area contributed by atoms with E-state index in [1.54, 1.807) is 0 Å². The van der Waals surface area contributed by atoms with Crippen LogP contribution in [-0.2, 0) is 11.3 Å². The van der Waals surface area contributed by atoms with Crippen LogP contribution in [0, 0.1) is 11.8 Å². The molecular formula is C17H28N2O. The average Bonchev–Trinajstić information content (AvgIpc) is 2.43. The summed E-state index contributed by atoms with van der Waals surface area (Å²) in [6.07, 6.45) is 1.65. The SMILES string of the molecule is CCNCc1ccccc1NC(=O)CC(CC)C(C)C. The second-order valence-electron chi connectivity index (χ2n) is 5.60. The van der Waals surface area contributed by atoms with Gasteiger partial charge in [0.1, 0.15) is 0 Å². The normalized spacial score (nSPS) is 12.4. The Morgan fingerprint density at radius 1 is 1.20 bits per heavy atom. The second kappa shape index (κ2) is 8.75. The highest BCUT2D eigenvalue weighted by Gasteiger charge is 2.16. The van der Waals surface area contributed by atoms with Gasteiger partial charge >= 0.3 is 0 Å². The molecule has 1 amide bonds. The van der Waals surface area contributed by atoms with Gasteiger partial charge < -0.3 is 10.6 Å². The fourth-order valence-electron chi connectivity index (χ4n) is 2.35. The molecule has 0 spiro atoms. The molecule has 0 saturated heterocycles. The molecule has 2 N–H and O–H groups in total. The molecule has 0 aliphatic carbocycles. The molecule has 1 aromatic rings. The first kappa shape index (κ1) is 16.7. The van der Waals surface area contributed by atoms with Gasteiger partial charge in [-0.05, 0) is 30.0 Å². The van der Waals surface area contributed by atoms with Crippen LogP contribution in [0.25, 0.3) is 0 Å². The second-order valence-corrected chi connectivity index (χ2v) is 5.60. The number of hydrogen-bond acceptors (Lipinski definition) is 2. The van der Waals surface area contributed by atoms with Crippen LogP contribution in [0.3, 0.4) is 0 Å². The predicted octanol–water partition coefficient (Wildman–Crippen LogP) is 3.81. The molecule has 112 valence electrons. The number of benzene rings is 1. The minimum Gasteiger partial charge on any atom is -0.326 e. The Hall–Kier alpha value is -1.35. The lowest BCUT2D eigenvalue weighted by Gasteiger charge is -2.19. The fraction of sp³-hybridized carbons (Fsp3) is 0.588. The molecule has 0 radical (unpaired) electrons. The van der Waals surface area contributed by atoms with E-state index in [-0.39, 0.29) is 5.91 Å². The van der Waals surface area contributed by atoms with Crippen LogP contribution in [0.4, 0.5) is 5.69 Å². The first-order chi connectivity index (χ1) is 9.58. The monoisotopic (exact) mass is 276 g/mol. The molecule has 0 heterocycles. The van der Waals surface area contributed by atoms with E-state index in [1.165, 1.54) is 0 Å². The molecule has 0 fully saturated rings. The number of carbonyl (C=O) groups is 1. The molecular weight excluding hydrogens is 248 g/mol. The summed E-state index contributed by atoms with van der Waals surface area (Å²) < 4.78 is 0. The Kier molecular flexibility index (Phi) is 7.31. The van der Waals surface area contributed by atoms with E-state index < -0.39 is 0 Å². The van der Waals surface area contributed by atoms with Crippen LogP contribution < -0.4 is 10.6 Å². The fourth-order valence-corrected chi connectivity index (χ4v) is 2.35. The highest BCUT2D eigenvalue weighted by Crippen LogP contribution is 2.21. The van der Waals surface area contributed by atoms with E-state index in [0.29, 0.717) is 18.3 Å². The summed E-state index contributed by atoms with van der Waals surface area (Å²) in [6.45, 7) is 10.3. The Balaban J connectivity index is 2.65. The molecule has 0 bridgehead atoms. The maximum absolute atomic E-state index is 12.2. The number of carbonyl (C=O) groups excluding carboxylic acids is 1. The van der Waals surface area contributed by atoms with Gasteiger partial charge in [0.15, 0.2) is 0 Å². The Bertz CT molecular complexity index is 415. The molecule has 0 aromatic heterocycles. The van der Waals surface area contributed by atoms with Crippen molar-refractivity contribution >= 4 is 11.6 Å². The molecule has 20 heavy (non-hydrogen) atoms. The van der Waals surface area contributed by atoms with Crippen LogP contribution in [0.1, 0.15) is 46.1 Å². The third-order valence-corrected chi connectivity index (χ3v) is 3.77. The summed E-state index contributed by atoms with van der Waals surface area (Å²) in [4.78, 5) is 12.2. The molecule has 3 nitrogen and oxygen atoms in total. The molecule has 1 unspecified atom stereocenters. The lowest BCUT2D eigenvalue weighted by molar-refractivity contribution is -0.117. The van der Waals surface area contributed by atoms with Gasteiger partial charge in [-0.1, -0.05) is 52.3 Å². The summed E-state index contributed by atoms with van der Waals surface area (Å²) in [5.41, 5.74) is 2.07. The molecule has 0 aliphatic heterocycles. The number of para-hydroxylation sites is 1. The highest BCUT2D eigenvalue weighted by molar-refractivity contribution is 5.91. The topological polar surface area (TPSA) is 41.1 Å². The summed E-state index contributed by atoms with van der Waals surface area (Å²) in [5, 5.41) is 6.36. The van der Waals surface area contributed by atoms with Crippen molar-refractivity contribution in [1.82, 2.24) is 5.32 Å². The lowest BCUT2D eigenvalue weighted by atomic mass is 9.90. The summed E-state index contributed by atoms with van der Waals surface area (Å²) >= 11 is 0. The zero-order valence-electron chi connectivity index (χ0n) is 13.2. The first-order valence-electron chi connectivity index (χ1n) is 7.66. The van der Waals surface area contributed by atoms with Gasteiger partial charge in [0.2, 0.25) is 5.91 Å². The van der Waals surface area contributed by atoms with Gasteiger partial charge in [0, 0.05) is 18.7 Å². The summed E-state index contributed by atoms with van der Waals surface area (Å²) in [5.74, 6) is 1.12. The third-order valence-electron chi connectivity index (χ3n) is 3.77. The van der Waals surface area contributed by atoms with E-state index in [9.17, 15) is 4.79 Å². The van der Waals surface area contributed by atoms with Crippen molar-refractivity contribution < 1.29 is 4.79 Å². The van der Waals surface area contributed by atoms with Crippen molar-refractivity contribution in [1.29, 1.82) is 0 Å². The van der Waals surface area contributed by atoms with Crippen molar-refractivity contribution in [2.45, 2.75) is 47.1 Å². The van der Waals surface area contributed by atoms with Crippen LogP contribution >= 0.6 is 0 Å². The Morgan fingerprint density at radius 2 is 1.90 bits per heavy atom. The Morgan fingerprint density at radius 3 is 2.50 bits per heavy atom. The van der Waals surface area contributed by atoms with E-state index in [4.69, 9.17) is 0 Å². The van der Waals surface area contributed by atoms with E-state index in [2.05, 4.69) is 44.4 Å². The third kappa shape index (κ3) is 5.33. The van der Waals surface area contributed by atoms with Crippen molar-refractivity contribution in [2.75, 3.05) is 11.9 Å². The van der Waals surface area contributed by atoms with E-state index >= 15 is 0 Å². The van der Waals surface area contributed by atoms with Gasteiger partial charge in [-0.25, -0.2) is 0 Å². The minimum atomic E-state index is 0.120. The number of hydrogen-bond donors (Lipinski definition) is 2. The van der Waals surface area contributed by atoms with Crippen LogP contribution in [0.5, 0.6) is 0 Å². The Labute approximate surface area is 123 Å². The van der Waals surface area contributed by atoms with Crippen LogP contribution in [0.15, 0.2) is 24.3 Å². The van der Waals surface area contributed by atoms with Crippen molar-refractivity contribution in [3.63, 3.8) is 0 Å². The maximum atomic E-state index is 12.2. The minimum absolute atomic E-state index is 0.120. The molecule has 3 heteroatoms. The highest BCUT2D eigenvalue weighted by atomic mass is 16.1. The van der Waals surface area contributed by atoms with Crippen molar-refractivity contribution in [3.8, 4) is 0 Å². The number of amides is 1. The summed E-state index contributed by atoms with van der Waals surface area (Å²) in [6, 6.07) is 8.00. The number of rotatable bonds is 8.